The summed E-state index contributed by atoms with van der Waals surface area (Å²) in [5, 5.41) is 6.47. The summed E-state index contributed by atoms with van der Waals surface area (Å²) >= 11 is 0. The van der Waals surface area contributed by atoms with Crippen LogP contribution in [0.1, 0.15) is 41.0 Å². The quantitative estimate of drug-likeness (QED) is 0.596. The van der Waals surface area contributed by atoms with Crippen LogP contribution in [-0.2, 0) is 19.1 Å². The highest BCUT2D eigenvalue weighted by molar-refractivity contribution is 5.95. The largest absolute Gasteiger partial charge is 0.445 e. The first-order valence-electron chi connectivity index (χ1n) is 11.4. The predicted molar refractivity (Wildman–Crippen MR) is 123 cm³/mol. The average Bonchev–Trinajstić information content (AvgIpc) is 2.71. The van der Waals surface area contributed by atoms with Crippen LogP contribution in [0.4, 0.5) is 9.59 Å². The predicted octanol–water partition coefficient (Wildman–Crippen LogP) is 1.35. The summed E-state index contributed by atoms with van der Waals surface area (Å²) in [6, 6.07) is 0.0272. The van der Waals surface area contributed by atoms with Gasteiger partial charge in [0.15, 0.2) is 11.6 Å². The molecule has 0 aromatic rings. The van der Waals surface area contributed by atoms with Crippen LogP contribution >= 0.6 is 0 Å². The van der Waals surface area contributed by atoms with Crippen LogP contribution in [0.5, 0.6) is 0 Å². The van der Waals surface area contributed by atoms with E-state index in [4.69, 9.17) is 9.47 Å². The molecule has 186 valence electrons. The SMILES string of the molecule is CC(C)N[C@]1(C)CCN(C)C(=O)OC/C=C/COC(=O)N2CC(C(=O)C(C)C)(C2)NCC1=O. The van der Waals surface area contributed by atoms with Crippen LogP contribution < -0.4 is 10.6 Å². The molecule has 1 atom stereocenters. The summed E-state index contributed by atoms with van der Waals surface area (Å²) in [5.74, 6) is -0.431. The summed E-state index contributed by atoms with van der Waals surface area (Å²) in [4.78, 5) is 53.7. The minimum absolute atomic E-state index is 0.0268. The summed E-state index contributed by atoms with van der Waals surface area (Å²) in [6.45, 7) is 9.93. The molecule has 3 aliphatic rings. The second-order valence-electron chi connectivity index (χ2n) is 9.66. The lowest BCUT2D eigenvalue weighted by molar-refractivity contribution is -0.136. The maximum absolute atomic E-state index is 13.3. The Morgan fingerprint density at radius 2 is 1.64 bits per heavy atom. The van der Waals surface area contributed by atoms with Gasteiger partial charge in [0.05, 0.1) is 25.2 Å². The van der Waals surface area contributed by atoms with Crippen LogP contribution in [-0.4, -0.2) is 97.1 Å². The minimum Gasteiger partial charge on any atom is -0.445 e. The van der Waals surface area contributed by atoms with E-state index in [-0.39, 0.29) is 56.4 Å². The maximum atomic E-state index is 13.3. The smallest absolute Gasteiger partial charge is 0.410 e. The second-order valence-corrected chi connectivity index (χ2v) is 9.66. The van der Waals surface area contributed by atoms with Gasteiger partial charge in [-0.3, -0.25) is 14.9 Å². The van der Waals surface area contributed by atoms with E-state index in [2.05, 4.69) is 10.6 Å². The van der Waals surface area contributed by atoms with Gasteiger partial charge in [0.2, 0.25) is 0 Å². The highest BCUT2D eigenvalue weighted by Gasteiger charge is 2.52. The molecule has 2 N–H and O–H groups in total. The van der Waals surface area contributed by atoms with Crippen molar-refractivity contribution in [1.82, 2.24) is 20.4 Å². The van der Waals surface area contributed by atoms with Gasteiger partial charge in [0.25, 0.3) is 0 Å². The molecule has 0 saturated carbocycles. The zero-order valence-corrected chi connectivity index (χ0v) is 20.6. The Kier molecular flexibility index (Phi) is 9.02. The highest BCUT2D eigenvalue weighted by atomic mass is 16.6. The van der Waals surface area contributed by atoms with Gasteiger partial charge in [0.1, 0.15) is 18.8 Å². The highest BCUT2D eigenvalue weighted by Crippen LogP contribution is 2.26. The van der Waals surface area contributed by atoms with Crippen molar-refractivity contribution < 1.29 is 28.7 Å². The molecular formula is C23H38N4O6. The number of amides is 2. The lowest BCUT2D eigenvalue weighted by atomic mass is 9.80. The third kappa shape index (κ3) is 6.77. The number of rotatable bonds is 4. The summed E-state index contributed by atoms with van der Waals surface area (Å²) in [5.41, 5.74) is -1.91. The van der Waals surface area contributed by atoms with Crippen molar-refractivity contribution in [1.29, 1.82) is 0 Å². The molecule has 10 heteroatoms. The van der Waals surface area contributed by atoms with E-state index in [9.17, 15) is 19.2 Å². The Labute approximate surface area is 196 Å². The number of nitrogens with zero attached hydrogens (tertiary/aromatic N) is 2. The van der Waals surface area contributed by atoms with E-state index in [1.807, 2.05) is 13.8 Å². The lowest BCUT2D eigenvalue weighted by Crippen LogP contribution is -2.75. The fourth-order valence-corrected chi connectivity index (χ4v) is 4.07. The van der Waals surface area contributed by atoms with Crippen molar-refractivity contribution in [3.05, 3.63) is 12.2 Å². The number of fused-ring (bicyclic) bond motifs is 13. The van der Waals surface area contributed by atoms with Gasteiger partial charge in [-0.2, -0.15) is 0 Å². The molecule has 0 aromatic carbocycles. The average molecular weight is 467 g/mol. The monoisotopic (exact) mass is 466 g/mol. The summed E-state index contributed by atoms with van der Waals surface area (Å²) < 4.78 is 10.4. The Morgan fingerprint density at radius 3 is 2.18 bits per heavy atom. The Bertz CT molecular complexity index is 775. The number of hydrogen-bond acceptors (Lipinski definition) is 8. The molecule has 3 heterocycles. The van der Waals surface area contributed by atoms with E-state index in [1.54, 1.807) is 40.0 Å². The topological polar surface area (TPSA) is 117 Å². The van der Waals surface area contributed by atoms with Crippen LogP contribution in [0.3, 0.4) is 0 Å². The maximum Gasteiger partial charge on any atom is 0.410 e. The Morgan fingerprint density at radius 1 is 1.06 bits per heavy atom. The molecule has 3 rings (SSSR count). The van der Waals surface area contributed by atoms with Gasteiger partial charge in [-0.05, 0) is 39.3 Å². The number of carbonyl (C=O) groups excluding carboxylic acids is 4. The first-order chi connectivity index (χ1) is 15.4. The van der Waals surface area contributed by atoms with Crippen molar-refractivity contribution in [2.75, 3.05) is 46.4 Å². The first-order valence-corrected chi connectivity index (χ1v) is 11.4. The van der Waals surface area contributed by atoms with E-state index >= 15 is 0 Å². The summed E-state index contributed by atoms with van der Waals surface area (Å²) in [6.07, 6.45) is 2.52. The van der Waals surface area contributed by atoms with Crippen LogP contribution in [0.25, 0.3) is 0 Å². The molecule has 2 amide bonds. The van der Waals surface area contributed by atoms with Crippen LogP contribution in [0.15, 0.2) is 12.2 Å². The van der Waals surface area contributed by atoms with Gasteiger partial charge in [-0.15, -0.1) is 0 Å². The van der Waals surface area contributed by atoms with Gasteiger partial charge in [-0.1, -0.05) is 13.8 Å². The van der Waals surface area contributed by atoms with E-state index in [1.165, 1.54) is 9.80 Å². The molecule has 33 heavy (non-hydrogen) atoms. The fraction of sp³-hybridized carbons (Fsp3) is 0.739. The van der Waals surface area contributed by atoms with Crippen LogP contribution in [0.2, 0.25) is 0 Å². The number of nitrogens with one attached hydrogen (secondary N) is 2. The van der Waals surface area contributed by atoms with Crippen LogP contribution in [0, 0.1) is 5.92 Å². The van der Waals surface area contributed by atoms with Gasteiger partial charge >= 0.3 is 12.2 Å². The Hall–Kier alpha value is -2.46. The number of hydrogen-bond donors (Lipinski definition) is 2. The van der Waals surface area contributed by atoms with Crippen molar-refractivity contribution in [3.8, 4) is 0 Å². The fourth-order valence-electron chi connectivity index (χ4n) is 4.07. The number of carbonyl (C=O) groups is 4. The van der Waals surface area contributed by atoms with E-state index < -0.39 is 23.3 Å². The summed E-state index contributed by atoms with van der Waals surface area (Å²) in [7, 11) is 1.62. The van der Waals surface area contributed by atoms with Gasteiger partial charge in [-0.25, -0.2) is 9.59 Å². The molecule has 2 bridgehead atoms. The molecule has 3 aliphatic heterocycles. The van der Waals surface area contributed by atoms with Crippen molar-refractivity contribution in [2.24, 2.45) is 5.92 Å². The zero-order valence-electron chi connectivity index (χ0n) is 20.6. The number of ketones is 2. The second kappa shape index (κ2) is 11.1. The normalized spacial score (nSPS) is 29.2. The lowest BCUT2D eigenvalue weighted by Gasteiger charge is -2.49. The minimum atomic E-state index is -0.983. The molecule has 1 fully saturated rings. The Balaban J connectivity index is 2.26. The molecule has 10 nitrogen and oxygen atoms in total. The van der Waals surface area contributed by atoms with Crippen molar-refractivity contribution >= 4 is 23.8 Å². The number of ether oxygens (including phenoxy) is 2. The molecule has 0 unspecified atom stereocenters. The van der Waals surface area contributed by atoms with Crippen molar-refractivity contribution in [3.63, 3.8) is 0 Å². The molecular weight excluding hydrogens is 428 g/mol. The molecule has 0 aromatic heterocycles. The molecule has 0 aliphatic carbocycles. The van der Waals surface area contributed by atoms with Gasteiger partial charge in [0, 0.05) is 25.6 Å². The molecule has 0 spiro atoms. The molecule has 0 radical (unpaired) electrons. The third-order valence-corrected chi connectivity index (χ3v) is 6.02. The molecule has 1 saturated heterocycles. The van der Waals surface area contributed by atoms with E-state index in [0.29, 0.717) is 13.0 Å². The van der Waals surface area contributed by atoms with E-state index in [0.717, 1.165) is 0 Å². The zero-order chi connectivity index (χ0) is 24.8. The van der Waals surface area contributed by atoms with Crippen molar-refractivity contribution in [2.45, 2.75) is 58.2 Å². The first kappa shape index (κ1) is 26.8. The van der Waals surface area contributed by atoms with Gasteiger partial charge < -0.3 is 24.6 Å². The number of Topliss-reactive ketones (excluding diaryl/α,β-unsaturated/α-hetero) is 2. The standard InChI is InChI=1S/C23H38N4O6/c1-16(2)19(29)23-14-27(15-23)21(31)33-12-8-7-11-32-20(30)26(6)10-9-22(5,25-17(3)4)18(28)13-24-23/h7-8,16-17,24-25H,9-15H2,1-6H3/b8-7+/t22-/m1/s1. The third-order valence-electron chi connectivity index (χ3n) is 6.02.